The van der Waals surface area contributed by atoms with Crippen LogP contribution in [0.4, 0.5) is 5.69 Å². The van der Waals surface area contributed by atoms with Crippen LogP contribution in [0.5, 0.6) is 11.5 Å². The first kappa shape index (κ1) is 16.4. The predicted octanol–water partition coefficient (Wildman–Crippen LogP) is 3.00. The summed E-state index contributed by atoms with van der Waals surface area (Å²) in [7, 11) is -4.15. The number of hydrogen-bond donors (Lipinski definition) is 2. The summed E-state index contributed by atoms with van der Waals surface area (Å²) < 4.78 is 29.5. The van der Waals surface area contributed by atoms with E-state index < -0.39 is 19.8 Å². The van der Waals surface area contributed by atoms with Gasteiger partial charge in [-0.1, -0.05) is 6.07 Å². The number of benzene rings is 2. The monoisotopic (exact) mass is 387 g/mol. The fourth-order valence-corrected chi connectivity index (χ4v) is 2.98. The van der Waals surface area contributed by atoms with Gasteiger partial charge in [0.15, 0.2) is 0 Å². The smallest absolute Gasteiger partial charge is 0.318 e. The van der Waals surface area contributed by atoms with Crippen molar-refractivity contribution in [2.75, 3.05) is 0 Å². The van der Waals surface area contributed by atoms with E-state index >= 15 is 0 Å². The van der Waals surface area contributed by atoms with Crippen LogP contribution in [0, 0.1) is 11.8 Å². The van der Waals surface area contributed by atoms with E-state index in [1.165, 1.54) is 12.1 Å². The maximum Gasteiger partial charge on any atom is 0.318 e. The Morgan fingerprint density at radius 3 is 2.36 bits per heavy atom. The zero-order chi connectivity index (χ0) is 16.5. The van der Waals surface area contributed by atoms with Gasteiger partial charge in [-0.15, -0.1) is 0 Å². The lowest BCUT2D eigenvalue weighted by molar-refractivity contribution is -0.729. The van der Waals surface area contributed by atoms with Crippen LogP contribution in [-0.2, 0) is 10.0 Å². The molecular weight excluding hydrogens is 376 g/mol. The molecule has 0 saturated heterocycles. The van der Waals surface area contributed by atoms with Gasteiger partial charge in [0.1, 0.15) is 16.4 Å². The minimum atomic E-state index is -4.15. The molecule has 0 atom stereocenters. The van der Waals surface area contributed by atoms with Crippen molar-refractivity contribution >= 4 is 31.6 Å². The lowest BCUT2D eigenvalue weighted by Crippen LogP contribution is -2.13. The third-order valence-electron chi connectivity index (χ3n) is 2.76. The van der Waals surface area contributed by atoms with Crippen molar-refractivity contribution in [3.63, 3.8) is 0 Å². The fourth-order valence-electron chi connectivity index (χ4n) is 1.73. The van der Waals surface area contributed by atoms with Crippen LogP contribution in [0.25, 0.3) is 0 Å². The van der Waals surface area contributed by atoms with E-state index in [1.54, 1.807) is 18.2 Å². The number of nitrogens with two attached hydrogens (primary N) is 1. The summed E-state index contributed by atoms with van der Waals surface area (Å²) in [5.41, 5.74) is 0.711. The quantitative estimate of drug-likeness (QED) is 0.783. The molecule has 2 aromatic rings. The maximum atomic E-state index is 11.6. The SMILES string of the molecule is Cc1ccc(Oc2ccc([N+](=O)O)cc2S(N)(=O)=O)c(Br)c1. The van der Waals surface area contributed by atoms with Gasteiger partial charge in [0, 0.05) is 12.1 Å². The second-order valence-electron chi connectivity index (χ2n) is 4.48. The van der Waals surface area contributed by atoms with Crippen molar-refractivity contribution in [1.82, 2.24) is 0 Å². The molecule has 0 aliphatic carbocycles. The van der Waals surface area contributed by atoms with Crippen molar-refractivity contribution in [3.05, 3.63) is 51.3 Å². The second-order valence-corrected chi connectivity index (χ2v) is 6.87. The third-order valence-corrected chi connectivity index (χ3v) is 4.31. The molecule has 0 spiro atoms. The van der Waals surface area contributed by atoms with Crippen molar-refractivity contribution in [2.24, 2.45) is 5.14 Å². The Bertz CT molecular complexity index is 852. The predicted molar refractivity (Wildman–Crippen MR) is 81.8 cm³/mol. The first-order chi connectivity index (χ1) is 10.2. The van der Waals surface area contributed by atoms with Crippen LogP contribution in [-0.4, -0.2) is 18.5 Å². The Labute approximate surface area is 135 Å². The molecule has 2 aromatic carbocycles. The van der Waals surface area contributed by atoms with Crippen molar-refractivity contribution in [1.29, 1.82) is 0 Å². The van der Waals surface area contributed by atoms with Gasteiger partial charge in [-0.2, -0.15) is 0 Å². The summed E-state index contributed by atoms with van der Waals surface area (Å²) in [6, 6.07) is 8.62. The second kappa shape index (κ2) is 6.03. The normalized spacial score (nSPS) is 11.2. The number of nitrogens with zero attached hydrogens (tertiary/aromatic N) is 1. The fraction of sp³-hybridized carbons (Fsp3) is 0.0769. The number of hydrogen-bond acceptors (Lipinski definition) is 4. The van der Waals surface area contributed by atoms with Gasteiger partial charge in [-0.3, -0.25) is 0 Å². The number of halogens is 1. The molecule has 3 N–H and O–H groups in total. The Morgan fingerprint density at radius 1 is 1.18 bits per heavy atom. The topological polar surface area (TPSA) is 110 Å². The number of rotatable bonds is 4. The molecular formula is C13H12BrN2O5S+. The molecule has 0 aliphatic rings. The average molecular weight is 388 g/mol. The van der Waals surface area contributed by atoms with Gasteiger partial charge in [0.05, 0.1) is 9.38 Å². The van der Waals surface area contributed by atoms with Crippen molar-refractivity contribution in [2.45, 2.75) is 11.8 Å². The molecule has 2 rings (SSSR count). The van der Waals surface area contributed by atoms with Gasteiger partial charge in [-0.05, 0) is 46.6 Å². The van der Waals surface area contributed by atoms with Crippen molar-refractivity contribution in [3.8, 4) is 11.5 Å². The summed E-state index contributed by atoms with van der Waals surface area (Å²) in [4.78, 5) is 10.0. The van der Waals surface area contributed by atoms with Gasteiger partial charge < -0.3 is 4.74 Å². The molecule has 0 unspecified atom stereocenters. The molecule has 0 aromatic heterocycles. The molecule has 0 bridgehead atoms. The highest BCUT2D eigenvalue weighted by atomic mass is 79.9. The first-order valence-corrected chi connectivity index (χ1v) is 8.29. The van der Waals surface area contributed by atoms with E-state index in [-0.39, 0.29) is 11.4 Å². The molecule has 22 heavy (non-hydrogen) atoms. The van der Waals surface area contributed by atoms with E-state index in [1.807, 2.05) is 6.92 Å². The number of aryl methyl sites for hydroxylation is 1. The van der Waals surface area contributed by atoms with Crippen LogP contribution in [0.15, 0.2) is 45.8 Å². The number of primary sulfonamides is 1. The molecule has 0 heterocycles. The van der Waals surface area contributed by atoms with Gasteiger partial charge in [0.2, 0.25) is 10.0 Å². The zero-order valence-electron chi connectivity index (χ0n) is 11.4. The minimum Gasteiger partial charge on any atom is -0.455 e. The molecule has 0 radical (unpaired) electrons. The summed E-state index contributed by atoms with van der Waals surface area (Å²) in [5.74, 6) is 0.323. The molecule has 0 fully saturated rings. The number of ether oxygens (including phenoxy) is 1. The van der Waals surface area contributed by atoms with Crippen LogP contribution in [0.3, 0.4) is 0 Å². The maximum absolute atomic E-state index is 11.6. The van der Waals surface area contributed by atoms with E-state index in [4.69, 9.17) is 15.1 Å². The Hall–Kier alpha value is -1.97. The Kier molecular flexibility index (Phi) is 4.50. The van der Waals surface area contributed by atoms with Gasteiger partial charge in [0.25, 0.3) is 4.92 Å². The Morgan fingerprint density at radius 2 is 1.82 bits per heavy atom. The van der Waals surface area contributed by atoms with E-state index in [9.17, 15) is 13.3 Å². The highest BCUT2D eigenvalue weighted by Gasteiger charge is 2.23. The zero-order valence-corrected chi connectivity index (χ0v) is 13.8. The molecule has 0 saturated carbocycles. The van der Waals surface area contributed by atoms with Crippen LogP contribution in [0.2, 0.25) is 0 Å². The lowest BCUT2D eigenvalue weighted by Gasteiger charge is -2.11. The van der Waals surface area contributed by atoms with Crippen LogP contribution >= 0.6 is 15.9 Å². The van der Waals surface area contributed by atoms with Crippen molar-refractivity contribution < 1.29 is 23.3 Å². The summed E-state index contributed by atoms with van der Waals surface area (Å²) in [6.45, 7) is 1.89. The van der Waals surface area contributed by atoms with Gasteiger partial charge in [-0.25, -0.2) is 18.8 Å². The lowest BCUT2D eigenvalue weighted by atomic mass is 10.2. The van der Waals surface area contributed by atoms with Gasteiger partial charge >= 0.3 is 5.69 Å². The van der Waals surface area contributed by atoms with E-state index in [0.717, 1.165) is 11.6 Å². The van der Waals surface area contributed by atoms with Crippen LogP contribution in [0.1, 0.15) is 5.56 Å². The summed E-state index contributed by atoms with van der Waals surface area (Å²) in [5, 5.41) is 14.0. The molecule has 7 nitrogen and oxygen atoms in total. The Balaban J connectivity index is 2.53. The minimum absolute atomic E-state index is 0.0577. The standard InChI is InChI=1S/C13H12BrN2O5S/c1-8-2-4-11(10(14)6-8)21-12-5-3-9(16(17)18)7-13(12)22(15,19)20/h2-7H,1H3,(H,17,18)(H2,15,19,20)/q+1. The van der Waals surface area contributed by atoms with E-state index in [2.05, 4.69) is 15.9 Å². The largest absolute Gasteiger partial charge is 0.455 e. The van der Waals surface area contributed by atoms with Crippen LogP contribution < -0.4 is 9.88 Å². The highest BCUT2D eigenvalue weighted by molar-refractivity contribution is 9.10. The molecule has 0 amide bonds. The number of sulfonamides is 1. The molecule has 0 aliphatic heterocycles. The first-order valence-electron chi connectivity index (χ1n) is 5.95. The summed E-state index contributed by atoms with van der Waals surface area (Å²) in [6.07, 6.45) is 0. The molecule has 116 valence electrons. The highest BCUT2D eigenvalue weighted by Crippen LogP contribution is 2.35. The molecule has 9 heteroatoms. The summed E-state index contributed by atoms with van der Waals surface area (Å²) >= 11 is 3.31. The van der Waals surface area contributed by atoms with E-state index in [0.29, 0.717) is 10.2 Å². The third kappa shape index (κ3) is 3.62. The average Bonchev–Trinajstić information content (AvgIpc) is 2.41.